The fourth-order valence-electron chi connectivity index (χ4n) is 1.39. The van der Waals surface area contributed by atoms with E-state index in [2.05, 4.69) is 20.5 Å². The number of halogens is 1. The largest absolute Gasteiger partial charge is 0.349 e. The minimum absolute atomic E-state index is 0.0799. The molecule has 0 aliphatic heterocycles. The van der Waals surface area contributed by atoms with Crippen molar-refractivity contribution >= 4 is 17.5 Å². The highest BCUT2D eigenvalue weighted by Crippen LogP contribution is 2.10. The molecule has 0 saturated carbocycles. The summed E-state index contributed by atoms with van der Waals surface area (Å²) < 4.78 is 0. The van der Waals surface area contributed by atoms with Gasteiger partial charge in [0.25, 0.3) is 0 Å². The van der Waals surface area contributed by atoms with Gasteiger partial charge >= 0.3 is 0 Å². The molecule has 1 heterocycles. The molecule has 0 atom stereocenters. The van der Waals surface area contributed by atoms with Gasteiger partial charge in [0.05, 0.1) is 13.0 Å². The van der Waals surface area contributed by atoms with Crippen LogP contribution in [-0.4, -0.2) is 21.1 Å². The van der Waals surface area contributed by atoms with Gasteiger partial charge in [-0.05, 0) is 17.7 Å². The van der Waals surface area contributed by atoms with Gasteiger partial charge in [0.1, 0.15) is 12.2 Å². The predicted octanol–water partition coefficient (Wildman–Crippen LogP) is 1.32. The van der Waals surface area contributed by atoms with Crippen LogP contribution in [0.3, 0.4) is 0 Å². The standard InChI is InChI=1S/C11H11ClN4O/c12-9-3-1-2-8(4-9)5-11(17)13-6-10-14-7-15-16-10/h1-4,7H,5-6H2,(H,13,17)(H,14,15,16). The third-order valence-corrected chi connectivity index (χ3v) is 2.41. The first-order valence-electron chi connectivity index (χ1n) is 5.09. The SMILES string of the molecule is O=C(Cc1cccc(Cl)c1)NCc1ncn[nH]1. The van der Waals surface area contributed by atoms with E-state index in [1.807, 2.05) is 12.1 Å². The molecule has 0 radical (unpaired) electrons. The average molecular weight is 251 g/mol. The van der Waals surface area contributed by atoms with Crippen LogP contribution in [0, 0.1) is 0 Å². The van der Waals surface area contributed by atoms with Crippen LogP contribution in [-0.2, 0) is 17.8 Å². The molecular weight excluding hydrogens is 240 g/mol. The molecular formula is C11H11ClN4O. The van der Waals surface area contributed by atoms with E-state index in [4.69, 9.17) is 11.6 Å². The number of carbonyl (C=O) groups is 1. The minimum atomic E-state index is -0.0799. The zero-order valence-corrected chi connectivity index (χ0v) is 9.74. The molecule has 5 nitrogen and oxygen atoms in total. The first-order chi connectivity index (χ1) is 8.24. The lowest BCUT2D eigenvalue weighted by Crippen LogP contribution is -2.25. The highest BCUT2D eigenvalue weighted by Gasteiger charge is 2.04. The monoisotopic (exact) mass is 250 g/mol. The molecule has 0 aliphatic carbocycles. The number of hydrogen-bond acceptors (Lipinski definition) is 3. The van der Waals surface area contributed by atoms with Gasteiger partial charge in [0, 0.05) is 5.02 Å². The van der Waals surface area contributed by atoms with Crippen molar-refractivity contribution in [1.29, 1.82) is 0 Å². The molecule has 2 rings (SSSR count). The summed E-state index contributed by atoms with van der Waals surface area (Å²) in [6.07, 6.45) is 1.70. The molecule has 88 valence electrons. The number of nitrogens with one attached hydrogen (secondary N) is 2. The zero-order chi connectivity index (χ0) is 12.1. The van der Waals surface area contributed by atoms with Crippen molar-refractivity contribution in [3.05, 3.63) is 47.0 Å². The van der Waals surface area contributed by atoms with Crippen molar-refractivity contribution in [3.8, 4) is 0 Å². The van der Waals surface area contributed by atoms with Gasteiger partial charge in [-0.15, -0.1) is 0 Å². The Bertz CT molecular complexity index is 498. The van der Waals surface area contributed by atoms with Crippen LogP contribution in [0.2, 0.25) is 5.02 Å². The summed E-state index contributed by atoms with van der Waals surface area (Å²) in [5.41, 5.74) is 0.882. The summed E-state index contributed by atoms with van der Waals surface area (Å²) in [6, 6.07) is 7.23. The molecule has 1 aromatic carbocycles. The predicted molar refractivity (Wildman–Crippen MR) is 63.4 cm³/mol. The van der Waals surface area contributed by atoms with Gasteiger partial charge in [-0.25, -0.2) is 4.98 Å². The second-order valence-electron chi connectivity index (χ2n) is 3.52. The van der Waals surface area contributed by atoms with Crippen molar-refractivity contribution in [2.75, 3.05) is 0 Å². The number of hydrogen-bond donors (Lipinski definition) is 2. The third-order valence-electron chi connectivity index (χ3n) is 2.17. The fraction of sp³-hybridized carbons (Fsp3) is 0.182. The van der Waals surface area contributed by atoms with Gasteiger partial charge in [-0.1, -0.05) is 23.7 Å². The number of benzene rings is 1. The third kappa shape index (κ3) is 3.57. The van der Waals surface area contributed by atoms with E-state index >= 15 is 0 Å². The maximum Gasteiger partial charge on any atom is 0.224 e. The molecule has 1 amide bonds. The Labute approximate surface area is 103 Å². The van der Waals surface area contributed by atoms with Crippen LogP contribution in [0.25, 0.3) is 0 Å². The van der Waals surface area contributed by atoms with Crippen LogP contribution < -0.4 is 5.32 Å². The van der Waals surface area contributed by atoms with Crippen molar-refractivity contribution in [3.63, 3.8) is 0 Å². The first-order valence-corrected chi connectivity index (χ1v) is 5.47. The van der Waals surface area contributed by atoms with Crippen LogP contribution in [0.5, 0.6) is 0 Å². The highest BCUT2D eigenvalue weighted by atomic mass is 35.5. The Balaban J connectivity index is 1.85. The molecule has 6 heteroatoms. The van der Waals surface area contributed by atoms with Crippen LogP contribution in [0.1, 0.15) is 11.4 Å². The van der Waals surface area contributed by atoms with E-state index in [1.54, 1.807) is 12.1 Å². The summed E-state index contributed by atoms with van der Waals surface area (Å²) in [5, 5.41) is 9.73. The van der Waals surface area contributed by atoms with Crippen molar-refractivity contribution < 1.29 is 4.79 Å². The fourth-order valence-corrected chi connectivity index (χ4v) is 1.61. The molecule has 0 spiro atoms. The van der Waals surface area contributed by atoms with Gasteiger partial charge in [0.2, 0.25) is 5.91 Å². The second-order valence-corrected chi connectivity index (χ2v) is 3.95. The van der Waals surface area contributed by atoms with Crippen LogP contribution >= 0.6 is 11.6 Å². The highest BCUT2D eigenvalue weighted by molar-refractivity contribution is 6.30. The molecule has 2 N–H and O–H groups in total. The van der Waals surface area contributed by atoms with Gasteiger partial charge in [0.15, 0.2) is 0 Å². The number of amides is 1. The van der Waals surface area contributed by atoms with Gasteiger partial charge in [-0.2, -0.15) is 5.10 Å². The van der Waals surface area contributed by atoms with E-state index in [-0.39, 0.29) is 5.91 Å². The second kappa shape index (κ2) is 5.45. The Hall–Kier alpha value is -1.88. The Morgan fingerprint density at radius 1 is 1.47 bits per heavy atom. The maximum atomic E-state index is 11.6. The lowest BCUT2D eigenvalue weighted by molar-refractivity contribution is -0.120. The maximum absolute atomic E-state index is 11.6. The smallest absolute Gasteiger partial charge is 0.224 e. The lowest BCUT2D eigenvalue weighted by Gasteiger charge is -2.03. The molecule has 1 aromatic heterocycles. The molecule has 2 aromatic rings. The number of rotatable bonds is 4. The van der Waals surface area contributed by atoms with Gasteiger partial charge < -0.3 is 5.32 Å². The number of nitrogens with zero attached hydrogens (tertiary/aromatic N) is 2. The van der Waals surface area contributed by atoms with E-state index in [9.17, 15) is 4.79 Å². The van der Waals surface area contributed by atoms with E-state index in [0.717, 1.165) is 5.56 Å². The molecule has 0 aliphatic rings. The van der Waals surface area contributed by atoms with Gasteiger partial charge in [-0.3, -0.25) is 9.89 Å². The van der Waals surface area contributed by atoms with Crippen LogP contribution in [0.4, 0.5) is 0 Å². The minimum Gasteiger partial charge on any atom is -0.349 e. The van der Waals surface area contributed by atoms with Crippen LogP contribution in [0.15, 0.2) is 30.6 Å². The Morgan fingerprint density at radius 2 is 2.35 bits per heavy atom. The molecule has 0 unspecified atom stereocenters. The normalized spacial score (nSPS) is 10.2. The first kappa shape index (κ1) is 11.6. The summed E-state index contributed by atoms with van der Waals surface area (Å²) in [5.74, 6) is 0.549. The number of aromatic nitrogens is 3. The molecule has 0 fully saturated rings. The van der Waals surface area contributed by atoms with Crippen molar-refractivity contribution in [1.82, 2.24) is 20.5 Å². The van der Waals surface area contributed by atoms with E-state index < -0.39 is 0 Å². The molecule has 0 saturated heterocycles. The average Bonchev–Trinajstić information content (AvgIpc) is 2.79. The van der Waals surface area contributed by atoms with E-state index in [0.29, 0.717) is 23.8 Å². The summed E-state index contributed by atoms with van der Waals surface area (Å²) in [7, 11) is 0. The Morgan fingerprint density at radius 3 is 3.06 bits per heavy atom. The zero-order valence-electron chi connectivity index (χ0n) is 8.98. The molecule has 17 heavy (non-hydrogen) atoms. The number of H-pyrrole nitrogens is 1. The quantitative estimate of drug-likeness (QED) is 0.860. The van der Waals surface area contributed by atoms with Crippen molar-refractivity contribution in [2.24, 2.45) is 0 Å². The molecule has 0 bridgehead atoms. The van der Waals surface area contributed by atoms with Crippen molar-refractivity contribution in [2.45, 2.75) is 13.0 Å². The number of aromatic amines is 1. The summed E-state index contributed by atoms with van der Waals surface area (Å²) >= 11 is 5.83. The number of carbonyl (C=O) groups excluding carboxylic acids is 1. The Kier molecular flexibility index (Phi) is 3.72. The summed E-state index contributed by atoms with van der Waals surface area (Å²) in [4.78, 5) is 15.5. The lowest BCUT2D eigenvalue weighted by atomic mass is 10.1. The van der Waals surface area contributed by atoms with E-state index in [1.165, 1.54) is 6.33 Å². The summed E-state index contributed by atoms with van der Waals surface area (Å²) in [6.45, 7) is 0.347. The topological polar surface area (TPSA) is 70.7 Å².